The standard InChI is InChI=1S/C43H50N4O9S/c1-3-4-5-6-7-8-9-10-11-14-23-44-43(51)36-28-39(34-15-12-13-16-35(34)41(36)49)56-25-24-55-32-20-18-31(19-21-32)46-47-37-22-17-30-26-33(57(52,53)54)27-38(45-29(2)48)40(30)42(37)50/h12-13,15-22,26-28,49-50H,3-11,14,23-25H2,1-2H3,(H,44,51)(H,45,48)(H,52,53,54). The second kappa shape index (κ2) is 20.4. The summed E-state index contributed by atoms with van der Waals surface area (Å²) in [5.41, 5.74) is 0.629. The minimum atomic E-state index is -4.58. The topological polar surface area (TPSA) is 196 Å². The second-order valence-electron chi connectivity index (χ2n) is 13.8. The Morgan fingerprint density at radius 3 is 2.05 bits per heavy atom. The molecule has 0 fully saturated rings. The quantitative estimate of drug-likeness (QED) is 0.0272. The van der Waals surface area contributed by atoms with Gasteiger partial charge in [0, 0.05) is 29.6 Å². The molecule has 0 aromatic heterocycles. The fourth-order valence-electron chi connectivity index (χ4n) is 6.49. The van der Waals surface area contributed by atoms with Crippen LogP contribution in [0.4, 0.5) is 17.1 Å². The van der Waals surface area contributed by atoms with Crippen molar-refractivity contribution in [1.82, 2.24) is 5.32 Å². The summed E-state index contributed by atoms with van der Waals surface area (Å²) < 4.78 is 45.0. The van der Waals surface area contributed by atoms with Crippen molar-refractivity contribution in [2.75, 3.05) is 25.1 Å². The van der Waals surface area contributed by atoms with Crippen molar-refractivity contribution in [3.05, 3.63) is 84.4 Å². The van der Waals surface area contributed by atoms with Crippen LogP contribution in [0.3, 0.4) is 0 Å². The molecular weight excluding hydrogens is 749 g/mol. The summed E-state index contributed by atoms with van der Waals surface area (Å²) >= 11 is 0. The first kappa shape index (κ1) is 42.4. The van der Waals surface area contributed by atoms with Gasteiger partial charge in [-0.2, -0.15) is 13.5 Å². The zero-order valence-electron chi connectivity index (χ0n) is 32.3. The molecule has 5 N–H and O–H groups in total. The number of azo groups is 1. The van der Waals surface area contributed by atoms with Gasteiger partial charge < -0.3 is 30.3 Å². The number of ether oxygens (including phenoxy) is 2. The number of hydrogen-bond acceptors (Lipinski definition) is 10. The van der Waals surface area contributed by atoms with E-state index in [1.165, 1.54) is 70.1 Å². The molecule has 0 radical (unpaired) electrons. The lowest BCUT2D eigenvalue weighted by Gasteiger charge is -2.15. The van der Waals surface area contributed by atoms with E-state index in [1.807, 2.05) is 12.1 Å². The van der Waals surface area contributed by atoms with Gasteiger partial charge in [0.25, 0.3) is 16.0 Å². The molecule has 0 aliphatic carbocycles. The third-order valence-corrected chi connectivity index (χ3v) is 10.2. The largest absolute Gasteiger partial charge is 0.506 e. The summed E-state index contributed by atoms with van der Waals surface area (Å²) in [4.78, 5) is 24.5. The number of phenolic OH excluding ortho intramolecular Hbond substituents is 2. The molecule has 0 aliphatic rings. The average molecular weight is 799 g/mol. The highest BCUT2D eigenvalue weighted by Gasteiger charge is 2.19. The Bertz CT molecular complexity index is 2310. The highest BCUT2D eigenvalue weighted by atomic mass is 32.2. The van der Waals surface area contributed by atoms with E-state index in [1.54, 1.807) is 42.5 Å². The van der Waals surface area contributed by atoms with Crippen LogP contribution in [0.2, 0.25) is 0 Å². The Labute approximate surface area is 332 Å². The number of nitrogens with zero attached hydrogens (tertiary/aromatic N) is 2. The predicted octanol–water partition coefficient (Wildman–Crippen LogP) is 10.1. The monoisotopic (exact) mass is 798 g/mol. The number of hydrogen-bond donors (Lipinski definition) is 5. The van der Waals surface area contributed by atoms with Crippen LogP contribution in [0.5, 0.6) is 23.0 Å². The van der Waals surface area contributed by atoms with E-state index < -0.39 is 20.9 Å². The van der Waals surface area contributed by atoms with E-state index >= 15 is 0 Å². The van der Waals surface area contributed by atoms with Crippen molar-refractivity contribution < 1.29 is 42.2 Å². The Balaban J connectivity index is 1.15. The number of phenols is 2. The zero-order chi connectivity index (χ0) is 40.8. The van der Waals surface area contributed by atoms with E-state index in [0.717, 1.165) is 25.3 Å². The Kier molecular flexibility index (Phi) is 15.2. The van der Waals surface area contributed by atoms with Crippen LogP contribution < -0.4 is 20.1 Å². The van der Waals surface area contributed by atoms with E-state index in [-0.39, 0.29) is 58.3 Å². The zero-order valence-corrected chi connectivity index (χ0v) is 33.1. The maximum Gasteiger partial charge on any atom is 0.294 e. The summed E-state index contributed by atoms with van der Waals surface area (Å²) in [6.45, 7) is 4.31. The number of anilines is 1. The molecule has 14 heteroatoms. The van der Waals surface area contributed by atoms with Crippen LogP contribution in [0.15, 0.2) is 94.0 Å². The van der Waals surface area contributed by atoms with Crippen LogP contribution in [0.1, 0.15) is 88.4 Å². The van der Waals surface area contributed by atoms with Gasteiger partial charge in [-0.3, -0.25) is 14.1 Å². The average Bonchev–Trinajstić information content (AvgIpc) is 3.18. The minimum absolute atomic E-state index is 0.0213. The van der Waals surface area contributed by atoms with Crippen molar-refractivity contribution in [1.29, 1.82) is 0 Å². The van der Waals surface area contributed by atoms with Crippen molar-refractivity contribution >= 4 is 60.5 Å². The lowest BCUT2D eigenvalue weighted by atomic mass is 10.0. The molecule has 0 aliphatic heterocycles. The van der Waals surface area contributed by atoms with Crippen molar-refractivity contribution in [3.8, 4) is 23.0 Å². The Hall–Kier alpha value is -5.73. The Morgan fingerprint density at radius 2 is 1.39 bits per heavy atom. The third kappa shape index (κ3) is 11.9. The van der Waals surface area contributed by atoms with E-state index in [2.05, 4.69) is 27.8 Å². The molecule has 0 unspecified atom stereocenters. The molecule has 13 nitrogen and oxygen atoms in total. The molecule has 2 amide bonds. The van der Waals surface area contributed by atoms with Gasteiger partial charge >= 0.3 is 0 Å². The van der Waals surface area contributed by atoms with Crippen molar-refractivity contribution in [3.63, 3.8) is 0 Å². The minimum Gasteiger partial charge on any atom is -0.506 e. The van der Waals surface area contributed by atoms with Crippen LogP contribution >= 0.6 is 0 Å². The number of amides is 2. The summed E-state index contributed by atoms with van der Waals surface area (Å²) in [5.74, 6) is -0.323. The predicted molar refractivity (Wildman–Crippen MR) is 221 cm³/mol. The number of fused-ring (bicyclic) bond motifs is 2. The molecule has 57 heavy (non-hydrogen) atoms. The highest BCUT2D eigenvalue weighted by Crippen LogP contribution is 2.41. The fourth-order valence-corrected chi connectivity index (χ4v) is 7.03. The molecule has 0 atom stereocenters. The number of rotatable bonds is 21. The summed E-state index contributed by atoms with van der Waals surface area (Å²) in [7, 11) is -4.58. The lowest BCUT2D eigenvalue weighted by molar-refractivity contribution is -0.114. The van der Waals surface area contributed by atoms with Crippen molar-refractivity contribution in [2.45, 2.75) is 83.0 Å². The smallest absolute Gasteiger partial charge is 0.294 e. The first-order chi connectivity index (χ1) is 27.5. The highest BCUT2D eigenvalue weighted by molar-refractivity contribution is 7.85. The molecule has 5 aromatic carbocycles. The van der Waals surface area contributed by atoms with E-state index in [4.69, 9.17) is 9.47 Å². The molecule has 5 aromatic rings. The van der Waals surface area contributed by atoms with Crippen LogP contribution in [0, 0.1) is 0 Å². The number of unbranched alkanes of at least 4 members (excludes halogenated alkanes) is 9. The number of nitrogens with one attached hydrogen (secondary N) is 2. The van der Waals surface area contributed by atoms with Gasteiger partial charge in [-0.15, -0.1) is 5.11 Å². The first-order valence-electron chi connectivity index (χ1n) is 19.3. The molecular formula is C43H50N4O9S. The molecule has 5 rings (SSSR count). The molecule has 302 valence electrons. The van der Waals surface area contributed by atoms with Gasteiger partial charge in [0.15, 0.2) is 5.75 Å². The normalized spacial score (nSPS) is 11.6. The second-order valence-corrected chi connectivity index (χ2v) is 15.2. The van der Waals surface area contributed by atoms with Gasteiger partial charge in [-0.1, -0.05) is 95.0 Å². The summed E-state index contributed by atoms with van der Waals surface area (Å²) in [5, 5.41) is 37.3. The number of benzene rings is 5. The van der Waals surface area contributed by atoms with Crippen LogP contribution in [0.25, 0.3) is 21.5 Å². The van der Waals surface area contributed by atoms with Gasteiger partial charge in [-0.25, -0.2) is 0 Å². The van der Waals surface area contributed by atoms with Gasteiger partial charge in [0.1, 0.15) is 36.1 Å². The molecule has 0 heterocycles. The fraction of sp³-hybridized carbons (Fsp3) is 0.349. The van der Waals surface area contributed by atoms with Crippen molar-refractivity contribution in [2.24, 2.45) is 10.2 Å². The van der Waals surface area contributed by atoms with E-state index in [9.17, 15) is 32.8 Å². The Morgan fingerprint density at radius 1 is 0.737 bits per heavy atom. The molecule has 0 spiro atoms. The maximum absolute atomic E-state index is 13.1. The van der Waals surface area contributed by atoms with Gasteiger partial charge in [0.05, 0.1) is 21.8 Å². The molecule has 0 bridgehead atoms. The molecule has 0 saturated carbocycles. The third-order valence-electron chi connectivity index (χ3n) is 9.41. The maximum atomic E-state index is 13.1. The van der Waals surface area contributed by atoms with Gasteiger partial charge in [-0.05, 0) is 60.3 Å². The summed E-state index contributed by atoms with van der Waals surface area (Å²) in [6.07, 6.45) is 12.0. The molecule has 0 saturated heterocycles. The van der Waals surface area contributed by atoms with Crippen LogP contribution in [-0.4, -0.2) is 54.8 Å². The lowest BCUT2D eigenvalue weighted by Crippen LogP contribution is -2.24. The number of carbonyl (C=O) groups excluding carboxylic acids is 2. The number of carbonyl (C=O) groups is 2. The SMILES string of the molecule is CCCCCCCCCCCCNC(=O)c1cc(OCCOc2ccc(N=Nc3ccc4cc(S(=O)(=O)O)cc(NC(C)=O)c4c3O)cc2)c2ccccc2c1O. The van der Waals surface area contributed by atoms with Gasteiger partial charge in [0.2, 0.25) is 5.91 Å². The number of aromatic hydroxyl groups is 2. The first-order valence-corrected chi connectivity index (χ1v) is 20.8. The van der Waals surface area contributed by atoms with E-state index in [0.29, 0.717) is 34.5 Å². The van der Waals surface area contributed by atoms with Crippen LogP contribution in [-0.2, 0) is 14.9 Å². The summed E-state index contributed by atoms with van der Waals surface area (Å²) in [6, 6.07) is 20.6.